The number of nitrogens with two attached hydrogens (primary N) is 1. The van der Waals surface area contributed by atoms with Crippen molar-refractivity contribution in [2.75, 3.05) is 6.54 Å². The molecule has 0 saturated heterocycles. The highest BCUT2D eigenvalue weighted by Gasteiger charge is 2.13. The Bertz CT molecular complexity index is 539. The molecule has 0 aliphatic heterocycles. The molecule has 1 aromatic carbocycles. The molecule has 1 heterocycles. The first-order valence-corrected chi connectivity index (χ1v) is 6.40. The molecule has 106 valence electrons. The van der Waals surface area contributed by atoms with Crippen molar-refractivity contribution < 1.29 is 9.18 Å². The third-order valence-corrected chi connectivity index (χ3v) is 2.95. The lowest BCUT2D eigenvalue weighted by Gasteiger charge is -2.12. The molecule has 0 aliphatic carbocycles. The van der Waals surface area contributed by atoms with Crippen LogP contribution in [-0.4, -0.2) is 28.5 Å². The molecule has 0 bridgehead atoms. The topological polar surface area (TPSA) is 83.8 Å². The Morgan fingerprint density at radius 1 is 1.40 bits per heavy atom. The van der Waals surface area contributed by atoms with Gasteiger partial charge in [-0.25, -0.2) is 9.37 Å². The zero-order chi connectivity index (χ0) is 14.4. The minimum Gasteiger partial charge on any atom is -0.354 e. The number of amides is 1. The summed E-state index contributed by atoms with van der Waals surface area (Å²) in [5.41, 5.74) is 7.61. The highest BCUT2D eigenvalue weighted by atomic mass is 19.1. The minimum atomic E-state index is -0.637. The fourth-order valence-electron chi connectivity index (χ4n) is 1.84. The molecule has 1 aromatic heterocycles. The highest BCUT2D eigenvalue weighted by molar-refractivity contribution is 5.81. The Balaban J connectivity index is 1.75. The van der Waals surface area contributed by atoms with Gasteiger partial charge in [0.1, 0.15) is 5.82 Å². The van der Waals surface area contributed by atoms with Crippen LogP contribution in [-0.2, 0) is 17.6 Å². The summed E-state index contributed by atoms with van der Waals surface area (Å²) in [5, 5.41) is 2.77. The third kappa shape index (κ3) is 4.17. The van der Waals surface area contributed by atoms with Gasteiger partial charge >= 0.3 is 0 Å². The predicted molar refractivity (Wildman–Crippen MR) is 73.4 cm³/mol. The van der Waals surface area contributed by atoms with Crippen LogP contribution in [0.1, 0.15) is 11.3 Å². The summed E-state index contributed by atoms with van der Waals surface area (Å²) >= 11 is 0. The molecule has 5 nitrogen and oxygen atoms in total. The number of aromatic nitrogens is 2. The molecule has 4 N–H and O–H groups in total. The monoisotopic (exact) mass is 276 g/mol. The summed E-state index contributed by atoms with van der Waals surface area (Å²) in [5.74, 6) is -0.514. The van der Waals surface area contributed by atoms with Gasteiger partial charge in [0.25, 0.3) is 0 Å². The Kier molecular flexibility index (Phi) is 4.84. The third-order valence-electron chi connectivity index (χ3n) is 2.95. The van der Waals surface area contributed by atoms with Gasteiger partial charge in [-0.15, -0.1) is 0 Å². The van der Waals surface area contributed by atoms with Gasteiger partial charge in [-0.05, 0) is 24.1 Å². The van der Waals surface area contributed by atoms with Crippen LogP contribution in [0.3, 0.4) is 0 Å². The number of benzene rings is 1. The van der Waals surface area contributed by atoms with Crippen LogP contribution < -0.4 is 11.1 Å². The van der Waals surface area contributed by atoms with Crippen LogP contribution in [0.15, 0.2) is 36.8 Å². The zero-order valence-corrected chi connectivity index (χ0v) is 11.0. The van der Waals surface area contributed by atoms with Crippen molar-refractivity contribution in [2.45, 2.75) is 18.9 Å². The lowest BCUT2D eigenvalue weighted by atomic mass is 10.1. The van der Waals surface area contributed by atoms with E-state index in [1.807, 2.05) is 0 Å². The van der Waals surface area contributed by atoms with E-state index in [1.54, 1.807) is 24.7 Å². The maximum atomic E-state index is 12.8. The SMILES string of the molecule is N[C@@H](Cc1ccc(F)cc1)C(=O)NCCc1cnc[nH]1. The van der Waals surface area contributed by atoms with E-state index in [0.717, 1.165) is 11.3 Å². The van der Waals surface area contributed by atoms with Gasteiger partial charge in [-0.3, -0.25) is 4.79 Å². The van der Waals surface area contributed by atoms with Gasteiger partial charge in [-0.1, -0.05) is 12.1 Å². The zero-order valence-electron chi connectivity index (χ0n) is 11.0. The first-order chi connectivity index (χ1) is 9.65. The molecule has 0 saturated carbocycles. The number of H-pyrrole nitrogens is 1. The van der Waals surface area contributed by atoms with E-state index < -0.39 is 6.04 Å². The van der Waals surface area contributed by atoms with Crippen molar-refractivity contribution in [3.05, 3.63) is 53.9 Å². The smallest absolute Gasteiger partial charge is 0.237 e. The summed E-state index contributed by atoms with van der Waals surface area (Å²) in [4.78, 5) is 18.7. The average Bonchev–Trinajstić information content (AvgIpc) is 2.94. The van der Waals surface area contributed by atoms with E-state index in [9.17, 15) is 9.18 Å². The van der Waals surface area contributed by atoms with Crippen molar-refractivity contribution in [1.29, 1.82) is 0 Å². The van der Waals surface area contributed by atoms with Gasteiger partial charge in [-0.2, -0.15) is 0 Å². The van der Waals surface area contributed by atoms with Crippen LogP contribution in [0, 0.1) is 5.82 Å². The van der Waals surface area contributed by atoms with E-state index in [1.165, 1.54) is 12.1 Å². The van der Waals surface area contributed by atoms with Gasteiger partial charge in [0.2, 0.25) is 5.91 Å². The maximum Gasteiger partial charge on any atom is 0.237 e. The molecule has 0 spiro atoms. The number of imidazole rings is 1. The molecule has 0 unspecified atom stereocenters. The number of carbonyl (C=O) groups is 1. The lowest BCUT2D eigenvalue weighted by molar-refractivity contribution is -0.122. The molecular formula is C14H17FN4O. The minimum absolute atomic E-state index is 0.214. The average molecular weight is 276 g/mol. The van der Waals surface area contributed by atoms with E-state index in [4.69, 9.17) is 5.73 Å². The van der Waals surface area contributed by atoms with Crippen molar-refractivity contribution >= 4 is 5.91 Å². The summed E-state index contributed by atoms with van der Waals surface area (Å²) < 4.78 is 12.8. The lowest BCUT2D eigenvalue weighted by Crippen LogP contribution is -2.42. The molecule has 6 heteroatoms. The van der Waals surface area contributed by atoms with Crippen LogP contribution >= 0.6 is 0 Å². The fourth-order valence-corrected chi connectivity index (χ4v) is 1.84. The number of nitrogens with one attached hydrogen (secondary N) is 2. The van der Waals surface area contributed by atoms with Crippen molar-refractivity contribution in [3.8, 4) is 0 Å². The molecule has 20 heavy (non-hydrogen) atoms. The molecule has 0 aliphatic rings. The Labute approximate surface area is 116 Å². The quantitative estimate of drug-likeness (QED) is 0.729. The molecule has 0 radical (unpaired) electrons. The van der Waals surface area contributed by atoms with E-state index in [-0.39, 0.29) is 11.7 Å². The number of rotatable bonds is 6. The molecule has 2 rings (SSSR count). The van der Waals surface area contributed by atoms with Crippen LogP contribution in [0.5, 0.6) is 0 Å². The number of hydrogen-bond donors (Lipinski definition) is 3. The van der Waals surface area contributed by atoms with E-state index >= 15 is 0 Å². The number of aromatic amines is 1. The van der Waals surface area contributed by atoms with Crippen molar-refractivity contribution in [1.82, 2.24) is 15.3 Å². The van der Waals surface area contributed by atoms with Gasteiger partial charge in [0.05, 0.1) is 12.4 Å². The molecule has 1 atom stereocenters. The Hall–Kier alpha value is -2.21. The van der Waals surface area contributed by atoms with Crippen LogP contribution in [0.2, 0.25) is 0 Å². The van der Waals surface area contributed by atoms with Crippen LogP contribution in [0.4, 0.5) is 4.39 Å². The number of carbonyl (C=O) groups excluding carboxylic acids is 1. The van der Waals surface area contributed by atoms with E-state index in [2.05, 4.69) is 15.3 Å². The first-order valence-electron chi connectivity index (χ1n) is 6.40. The summed E-state index contributed by atoms with van der Waals surface area (Å²) in [6.07, 6.45) is 4.37. The number of halogens is 1. The number of nitrogens with zero attached hydrogens (tertiary/aromatic N) is 1. The molecular weight excluding hydrogens is 259 g/mol. The van der Waals surface area contributed by atoms with Gasteiger partial charge in [0.15, 0.2) is 0 Å². The standard InChI is InChI=1S/C14H17FN4O/c15-11-3-1-10(2-4-11)7-13(16)14(20)18-6-5-12-8-17-9-19-12/h1-4,8-9,13H,5-7,16H2,(H,17,19)(H,18,20)/t13-/m0/s1. The van der Waals surface area contributed by atoms with Crippen molar-refractivity contribution in [3.63, 3.8) is 0 Å². The first kappa shape index (κ1) is 14.2. The fraction of sp³-hybridized carbons (Fsp3) is 0.286. The number of hydrogen-bond acceptors (Lipinski definition) is 3. The van der Waals surface area contributed by atoms with Crippen molar-refractivity contribution in [2.24, 2.45) is 5.73 Å². The Morgan fingerprint density at radius 2 is 2.15 bits per heavy atom. The summed E-state index contributed by atoms with van der Waals surface area (Å²) in [7, 11) is 0. The summed E-state index contributed by atoms with van der Waals surface area (Å²) in [6, 6.07) is 5.35. The van der Waals surface area contributed by atoms with Gasteiger partial charge < -0.3 is 16.0 Å². The summed E-state index contributed by atoms with van der Waals surface area (Å²) in [6.45, 7) is 0.498. The maximum absolute atomic E-state index is 12.8. The van der Waals surface area contributed by atoms with Gasteiger partial charge in [0, 0.05) is 24.9 Å². The normalized spacial score (nSPS) is 12.1. The predicted octanol–water partition coefficient (Wildman–Crippen LogP) is 0.777. The van der Waals surface area contributed by atoms with E-state index in [0.29, 0.717) is 19.4 Å². The highest BCUT2D eigenvalue weighted by Crippen LogP contribution is 2.05. The molecule has 1 amide bonds. The Morgan fingerprint density at radius 3 is 2.80 bits per heavy atom. The second-order valence-corrected chi connectivity index (χ2v) is 4.55. The largest absolute Gasteiger partial charge is 0.354 e. The second kappa shape index (κ2) is 6.81. The molecule has 0 fully saturated rings. The molecule has 2 aromatic rings. The second-order valence-electron chi connectivity index (χ2n) is 4.55. The van der Waals surface area contributed by atoms with Crippen LogP contribution in [0.25, 0.3) is 0 Å².